The predicted molar refractivity (Wildman–Crippen MR) is 109 cm³/mol. The Kier molecular flexibility index (Phi) is 7.80. The quantitative estimate of drug-likeness (QED) is 0.282. The third kappa shape index (κ3) is 5.27. The molecule has 0 atom stereocenters. The molecule has 9 heteroatoms. The van der Waals surface area contributed by atoms with E-state index < -0.39 is 10.1 Å². The van der Waals surface area contributed by atoms with Crippen LogP contribution in [0.5, 0.6) is 5.75 Å². The Hall–Kier alpha value is -0.580. The average Bonchev–Trinajstić information content (AvgIpc) is 2.95. The second-order valence-electron chi connectivity index (χ2n) is 5.75. The standard InChI is InChI=1S/C18H16O4S4.Na/c1-11-3-5-12(6-4-11)17-15(18(23)25-24-17)10-13-9-14(22-2)7-8-16(13)26(19,20)21;/h3-9H,10H2,1-2H3,(H,19,20,21);/q;+1. The first-order valence-corrected chi connectivity index (χ1v) is 11.6. The minimum absolute atomic E-state index is 0. The van der Waals surface area contributed by atoms with Gasteiger partial charge in [-0.05, 0) is 36.2 Å². The van der Waals surface area contributed by atoms with Crippen LogP contribution in [0.1, 0.15) is 16.7 Å². The zero-order chi connectivity index (χ0) is 18.9. The van der Waals surface area contributed by atoms with E-state index in [1.54, 1.807) is 16.4 Å². The molecule has 3 aromatic rings. The van der Waals surface area contributed by atoms with Gasteiger partial charge in [-0.15, -0.1) is 0 Å². The third-order valence-corrected chi connectivity index (χ3v) is 8.09. The van der Waals surface area contributed by atoms with Crippen LogP contribution in [0, 0.1) is 10.7 Å². The molecule has 0 saturated heterocycles. The van der Waals surface area contributed by atoms with Gasteiger partial charge in [0.15, 0.2) is 0 Å². The second-order valence-corrected chi connectivity index (χ2v) is 9.96. The summed E-state index contributed by atoms with van der Waals surface area (Å²) >= 11 is 5.48. The van der Waals surface area contributed by atoms with Crippen LogP contribution >= 0.6 is 32.9 Å². The monoisotopic (exact) mass is 447 g/mol. The smallest absolute Gasteiger partial charge is 0.497 e. The molecular formula is C18H16NaO4S4+. The molecule has 1 heterocycles. The van der Waals surface area contributed by atoms with E-state index in [2.05, 4.69) is 0 Å². The molecule has 0 bridgehead atoms. The molecule has 3 rings (SSSR count). The van der Waals surface area contributed by atoms with Crippen molar-refractivity contribution in [2.24, 2.45) is 0 Å². The molecule has 2 aromatic carbocycles. The van der Waals surface area contributed by atoms with E-state index in [0.717, 1.165) is 25.4 Å². The van der Waals surface area contributed by atoms with E-state index in [1.807, 2.05) is 31.2 Å². The van der Waals surface area contributed by atoms with E-state index >= 15 is 0 Å². The van der Waals surface area contributed by atoms with Crippen molar-refractivity contribution in [3.63, 3.8) is 0 Å². The Morgan fingerprint density at radius 3 is 2.37 bits per heavy atom. The van der Waals surface area contributed by atoms with Crippen LogP contribution in [0.15, 0.2) is 47.4 Å². The second kappa shape index (κ2) is 9.28. The van der Waals surface area contributed by atoms with Crippen molar-refractivity contribution in [3.8, 4) is 16.2 Å². The number of hydrogen-bond donors (Lipinski definition) is 1. The minimum atomic E-state index is -4.34. The first-order valence-electron chi connectivity index (χ1n) is 7.63. The Morgan fingerprint density at radius 2 is 1.78 bits per heavy atom. The third-order valence-electron chi connectivity index (χ3n) is 3.95. The molecule has 136 valence electrons. The molecule has 0 aliphatic heterocycles. The van der Waals surface area contributed by atoms with Crippen LogP contribution in [0.2, 0.25) is 0 Å². The molecule has 0 radical (unpaired) electrons. The van der Waals surface area contributed by atoms with Crippen molar-refractivity contribution in [2.45, 2.75) is 18.2 Å². The van der Waals surface area contributed by atoms with E-state index in [1.165, 1.54) is 29.6 Å². The van der Waals surface area contributed by atoms with Gasteiger partial charge in [-0.25, -0.2) is 0 Å². The predicted octanol–water partition coefficient (Wildman–Crippen LogP) is 2.36. The molecule has 0 spiro atoms. The van der Waals surface area contributed by atoms with Gasteiger partial charge in [-0.2, -0.15) is 8.42 Å². The Morgan fingerprint density at radius 1 is 1.11 bits per heavy atom. The van der Waals surface area contributed by atoms with E-state index in [4.69, 9.17) is 17.0 Å². The number of hydrogen-bond acceptors (Lipinski definition) is 6. The summed E-state index contributed by atoms with van der Waals surface area (Å²) < 4.78 is 39.0. The summed E-state index contributed by atoms with van der Waals surface area (Å²) in [5.41, 5.74) is 3.55. The molecular weight excluding hydrogens is 431 g/mol. The van der Waals surface area contributed by atoms with Gasteiger partial charge in [0.05, 0.1) is 16.9 Å². The summed E-state index contributed by atoms with van der Waals surface area (Å²) in [5.74, 6) is 0.522. The number of ether oxygens (including phenoxy) is 1. The maximum absolute atomic E-state index is 11.8. The molecule has 1 N–H and O–H groups in total. The van der Waals surface area contributed by atoms with Gasteiger partial charge in [0.2, 0.25) is 0 Å². The normalized spacial score (nSPS) is 11.1. The Bertz CT molecular complexity index is 1100. The van der Waals surface area contributed by atoms with Gasteiger partial charge >= 0.3 is 29.6 Å². The van der Waals surface area contributed by atoms with Crippen molar-refractivity contribution < 1.29 is 47.3 Å². The Labute approximate surface area is 193 Å². The molecule has 0 fully saturated rings. The number of methoxy groups -OCH3 is 1. The Balaban J connectivity index is 0.00000261. The molecule has 0 saturated carbocycles. The fourth-order valence-electron chi connectivity index (χ4n) is 2.62. The van der Waals surface area contributed by atoms with Crippen LogP contribution in [0.3, 0.4) is 0 Å². The molecule has 1 aromatic heterocycles. The van der Waals surface area contributed by atoms with Crippen molar-refractivity contribution in [2.75, 3.05) is 7.11 Å². The van der Waals surface area contributed by atoms with Crippen molar-refractivity contribution >= 4 is 43.0 Å². The van der Waals surface area contributed by atoms with Crippen LogP contribution in [0.4, 0.5) is 0 Å². The van der Waals surface area contributed by atoms with Crippen LogP contribution in [-0.4, -0.2) is 20.1 Å². The molecule has 0 aliphatic rings. The summed E-state index contributed by atoms with van der Waals surface area (Å²) in [6, 6.07) is 12.6. The summed E-state index contributed by atoms with van der Waals surface area (Å²) in [5, 5.41) is 0. The van der Waals surface area contributed by atoms with Crippen LogP contribution in [0.25, 0.3) is 10.4 Å². The summed E-state index contributed by atoms with van der Waals surface area (Å²) in [6.45, 7) is 2.02. The minimum Gasteiger partial charge on any atom is -0.497 e. The topological polar surface area (TPSA) is 63.6 Å². The largest absolute Gasteiger partial charge is 1.00 e. The summed E-state index contributed by atoms with van der Waals surface area (Å²) in [6.07, 6.45) is 0.300. The molecule has 0 unspecified atom stereocenters. The van der Waals surface area contributed by atoms with Gasteiger partial charge in [-0.3, -0.25) is 4.55 Å². The van der Waals surface area contributed by atoms with Crippen LogP contribution < -0.4 is 34.3 Å². The van der Waals surface area contributed by atoms with Crippen molar-refractivity contribution in [1.82, 2.24) is 0 Å². The zero-order valence-electron chi connectivity index (χ0n) is 15.1. The fourth-order valence-corrected chi connectivity index (χ4v) is 6.24. The van der Waals surface area contributed by atoms with E-state index in [0.29, 0.717) is 17.7 Å². The van der Waals surface area contributed by atoms with Gasteiger partial charge < -0.3 is 4.74 Å². The van der Waals surface area contributed by atoms with E-state index in [9.17, 15) is 13.0 Å². The average molecular weight is 448 g/mol. The molecule has 0 aliphatic carbocycles. The molecule has 0 amide bonds. The van der Waals surface area contributed by atoms with E-state index in [-0.39, 0.29) is 34.5 Å². The number of rotatable bonds is 5. The van der Waals surface area contributed by atoms with Gasteiger partial charge in [0, 0.05) is 12.0 Å². The maximum Gasteiger partial charge on any atom is 1.00 e. The zero-order valence-corrected chi connectivity index (χ0v) is 20.3. The summed E-state index contributed by atoms with van der Waals surface area (Å²) in [4.78, 5) is 0.892. The van der Waals surface area contributed by atoms with Gasteiger partial charge in [0.1, 0.15) is 9.57 Å². The number of benzene rings is 2. The molecule has 27 heavy (non-hydrogen) atoms. The SMILES string of the molecule is COc1ccc(S(=O)(=O)O)c(Cc2c(-c3ccc(C)cc3)ssc2=S)c1.[Na+]. The van der Waals surface area contributed by atoms with Crippen LogP contribution in [-0.2, 0) is 16.5 Å². The summed E-state index contributed by atoms with van der Waals surface area (Å²) in [7, 11) is 0.227. The van der Waals surface area contributed by atoms with Crippen molar-refractivity contribution in [3.05, 3.63) is 63.0 Å². The fraction of sp³-hybridized carbons (Fsp3) is 0.167. The first-order chi connectivity index (χ1) is 12.3. The van der Waals surface area contributed by atoms with Gasteiger partial charge in [-0.1, -0.05) is 62.7 Å². The maximum atomic E-state index is 11.8. The molecule has 4 nitrogen and oxygen atoms in total. The number of aryl methyl sites for hydroxylation is 1. The van der Waals surface area contributed by atoms with Crippen molar-refractivity contribution in [1.29, 1.82) is 0 Å². The first kappa shape index (κ1) is 22.7. The van der Waals surface area contributed by atoms with Gasteiger partial charge in [0.25, 0.3) is 10.1 Å².